The molecular formula is C25H22F2N5O7P. The molecule has 0 aliphatic rings. The van der Waals surface area contributed by atoms with Gasteiger partial charge in [0.25, 0.3) is 5.56 Å². The summed E-state index contributed by atoms with van der Waals surface area (Å²) in [5, 5.41) is 0. The molecule has 0 saturated carbocycles. The van der Waals surface area contributed by atoms with Crippen molar-refractivity contribution in [2.24, 2.45) is 0 Å². The Morgan fingerprint density at radius 3 is 2.62 bits per heavy atom. The van der Waals surface area contributed by atoms with Gasteiger partial charge < -0.3 is 32.9 Å². The van der Waals surface area contributed by atoms with Crippen molar-refractivity contribution in [2.75, 3.05) is 18.7 Å². The van der Waals surface area contributed by atoms with Crippen molar-refractivity contribution >= 4 is 25.5 Å². The molecular weight excluding hydrogens is 551 g/mol. The molecule has 0 aliphatic heterocycles. The van der Waals surface area contributed by atoms with Gasteiger partial charge in [-0.05, 0) is 42.0 Å². The van der Waals surface area contributed by atoms with E-state index < -0.39 is 31.4 Å². The van der Waals surface area contributed by atoms with E-state index in [1.807, 2.05) is 0 Å². The van der Waals surface area contributed by atoms with Crippen LogP contribution < -0.4 is 17.1 Å². The minimum absolute atomic E-state index is 0.00138. The lowest BCUT2D eigenvalue weighted by molar-refractivity contribution is 0.136. The predicted octanol–water partition coefficient (Wildman–Crippen LogP) is 3.91. The molecule has 0 radical (unpaired) electrons. The zero-order valence-electron chi connectivity index (χ0n) is 20.7. The van der Waals surface area contributed by atoms with Gasteiger partial charge >= 0.3 is 5.82 Å². The monoisotopic (exact) mass is 573 g/mol. The molecule has 0 amide bonds. The Bertz CT molecular complexity index is 1720. The van der Waals surface area contributed by atoms with Gasteiger partial charge in [-0.25, -0.2) is 18.6 Å². The second-order valence-corrected chi connectivity index (χ2v) is 9.76. The van der Waals surface area contributed by atoms with E-state index in [0.717, 1.165) is 0 Å². The second-order valence-electron chi connectivity index (χ2n) is 8.32. The number of imidazole rings is 1. The highest BCUT2D eigenvalue weighted by Crippen LogP contribution is 2.41. The zero-order valence-corrected chi connectivity index (χ0v) is 21.6. The van der Waals surface area contributed by atoms with Gasteiger partial charge in [0.2, 0.25) is 5.95 Å². The highest BCUT2D eigenvalue weighted by Gasteiger charge is 2.20. The molecule has 3 heterocycles. The fraction of sp³-hybridized carbons (Fsp3) is 0.200. The molecule has 40 heavy (non-hydrogen) atoms. The molecule has 12 nitrogen and oxygen atoms in total. The minimum Gasteiger partial charge on any atom is -0.393 e. The van der Waals surface area contributed by atoms with Crippen LogP contribution in [0.2, 0.25) is 0 Å². The summed E-state index contributed by atoms with van der Waals surface area (Å²) in [6, 6.07) is 11.2. The maximum absolute atomic E-state index is 13.6. The first kappa shape index (κ1) is 27.3. The standard InChI is InChI=1S/C25H22F2N5O7P/c26-17-6-4-16(5-7-17)21-19(38-25(34)39-21)12-37-40(36-11-15-2-1-3-18(27)10-15)14-35-9-8-32-13-29-20-22(32)30-24(28)31-23(20)33/h1-7,10,13H,8-9,11-12,14H2,(H3,28,30,31,33). The van der Waals surface area contributed by atoms with Crippen molar-refractivity contribution in [3.05, 3.63) is 98.8 Å². The molecule has 1 atom stereocenters. The van der Waals surface area contributed by atoms with Gasteiger partial charge in [0.15, 0.2) is 31.1 Å². The van der Waals surface area contributed by atoms with Crippen LogP contribution in [0.25, 0.3) is 22.5 Å². The third-order valence-electron chi connectivity index (χ3n) is 5.52. The van der Waals surface area contributed by atoms with Crippen molar-refractivity contribution in [1.82, 2.24) is 19.5 Å². The number of aromatic nitrogens is 4. The first-order chi connectivity index (χ1) is 19.4. The van der Waals surface area contributed by atoms with Crippen LogP contribution in [0.3, 0.4) is 0 Å². The number of benzene rings is 2. The van der Waals surface area contributed by atoms with Gasteiger partial charge in [0.05, 0.1) is 19.5 Å². The van der Waals surface area contributed by atoms with Gasteiger partial charge in [0.1, 0.15) is 24.6 Å². The number of nitrogens with two attached hydrogens (primary N) is 1. The topological polar surface area (TPSA) is 161 Å². The van der Waals surface area contributed by atoms with Crippen LogP contribution in [-0.2, 0) is 33.5 Å². The lowest BCUT2D eigenvalue weighted by Crippen LogP contribution is -2.13. The van der Waals surface area contributed by atoms with Crippen molar-refractivity contribution in [2.45, 2.75) is 19.8 Å². The van der Waals surface area contributed by atoms with E-state index in [1.54, 1.807) is 16.7 Å². The average molecular weight is 573 g/mol. The van der Waals surface area contributed by atoms with Crippen molar-refractivity contribution in [3.8, 4) is 11.3 Å². The first-order valence-electron chi connectivity index (χ1n) is 11.8. The largest absolute Gasteiger partial charge is 0.519 e. The maximum Gasteiger partial charge on any atom is 0.519 e. The Kier molecular flexibility index (Phi) is 8.41. The molecule has 5 aromatic rings. The lowest BCUT2D eigenvalue weighted by atomic mass is 10.1. The number of ether oxygens (including phenoxy) is 1. The van der Waals surface area contributed by atoms with Crippen LogP contribution in [0.4, 0.5) is 14.7 Å². The molecule has 5 rings (SSSR count). The fourth-order valence-electron chi connectivity index (χ4n) is 3.68. The molecule has 0 aliphatic carbocycles. The van der Waals surface area contributed by atoms with Gasteiger partial charge in [-0.15, -0.1) is 0 Å². The summed E-state index contributed by atoms with van der Waals surface area (Å²) in [5.74, 6) is -1.66. The molecule has 0 bridgehead atoms. The highest BCUT2D eigenvalue weighted by molar-refractivity contribution is 7.46. The molecule has 1 unspecified atom stereocenters. The van der Waals surface area contributed by atoms with Crippen LogP contribution in [0.15, 0.2) is 73.3 Å². The molecule has 3 aromatic heterocycles. The summed E-state index contributed by atoms with van der Waals surface area (Å²) in [7, 11) is -1.73. The number of H-pyrrole nitrogens is 1. The first-order valence-corrected chi connectivity index (χ1v) is 13.2. The number of anilines is 1. The predicted molar refractivity (Wildman–Crippen MR) is 139 cm³/mol. The van der Waals surface area contributed by atoms with Crippen LogP contribution >= 0.6 is 8.38 Å². The molecule has 0 fully saturated rings. The van der Waals surface area contributed by atoms with E-state index >= 15 is 0 Å². The highest BCUT2D eigenvalue weighted by atomic mass is 31.2. The Morgan fingerprint density at radius 1 is 1.02 bits per heavy atom. The summed E-state index contributed by atoms with van der Waals surface area (Å²) in [6.45, 7) is 0.289. The third kappa shape index (κ3) is 6.66. The molecule has 0 spiro atoms. The Hall–Kier alpha value is -4.23. The number of aromatic amines is 1. The molecule has 208 valence electrons. The van der Waals surface area contributed by atoms with E-state index in [9.17, 15) is 18.4 Å². The van der Waals surface area contributed by atoms with E-state index in [4.69, 9.17) is 28.4 Å². The van der Waals surface area contributed by atoms with Crippen molar-refractivity contribution < 1.29 is 31.4 Å². The van der Waals surface area contributed by atoms with E-state index in [2.05, 4.69) is 15.0 Å². The smallest absolute Gasteiger partial charge is 0.393 e. The molecule has 0 saturated heterocycles. The Morgan fingerprint density at radius 2 is 1.82 bits per heavy atom. The minimum atomic E-state index is -1.73. The summed E-state index contributed by atoms with van der Waals surface area (Å²) >= 11 is 0. The molecule has 3 N–H and O–H groups in total. The van der Waals surface area contributed by atoms with Crippen LogP contribution in [0, 0.1) is 11.6 Å². The van der Waals surface area contributed by atoms with E-state index in [1.165, 1.54) is 42.7 Å². The SMILES string of the molecule is Nc1nc2c(ncn2CCOCP(OCc2cccc(F)c2)OCc2oc(=O)oc2-c2ccc(F)cc2)c(=O)[nH]1. The number of rotatable bonds is 12. The third-order valence-corrected chi connectivity index (χ3v) is 6.75. The summed E-state index contributed by atoms with van der Waals surface area (Å²) in [5.41, 5.74) is 6.65. The van der Waals surface area contributed by atoms with Gasteiger partial charge in [-0.1, -0.05) is 12.1 Å². The Labute approximate surface area is 225 Å². The number of hydrogen-bond acceptors (Lipinski definition) is 10. The maximum atomic E-state index is 13.6. The van der Waals surface area contributed by atoms with Crippen LogP contribution in [-0.4, -0.2) is 32.5 Å². The Balaban J connectivity index is 1.24. The van der Waals surface area contributed by atoms with E-state index in [-0.39, 0.29) is 49.2 Å². The summed E-state index contributed by atoms with van der Waals surface area (Å²) in [6.07, 6.45) is 1.45. The average Bonchev–Trinajstić information content (AvgIpc) is 3.51. The lowest BCUT2D eigenvalue weighted by Gasteiger charge is -2.17. The molecule has 15 heteroatoms. The van der Waals surface area contributed by atoms with Gasteiger partial charge in [-0.3, -0.25) is 9.78 Å². The number of nitrogen functional groups attached to an aromatic ring is 1. The van der Waals surface area contributed by atoms with Crippen molar-refractivity contribution in [1.29, 1.82) is 0 Å². The number of hydrogen-bond donors (Lipinski definition) is 2. The quantitative estimate of drug-likeness (QED) is 0.165. The van der Waals surface area contributed by atoms with Gasteiger partial charge in [0, 0.05) is 12.1 Å². The number of nitrogens with one attached hydrogen (secondary N) is 1. The number of nitrogens with zero attached hydrogens (tertiary/aromatic N) is 3. The number of fused-ring (bicyclic) bond motifs is 1. The van der Waals surface area contributed by atoms with Crippen molar-refractivity contribution in [3.63, 3.8) is 0 Å². The zero-order chi connectivity index (χ0) is 28.1. The second kappa shape index (κ2) is 12.3. The molecule has 2 aromatic carbocycles. The summed E-state index contributed by atoms with van der Waals surface area (Å²) < 4.78 is 56.3. The van der Waals surface area contributed by atoms with E-state index in [0.29, 0.717) is 23.3 Å². The summed E-state index contributed by atoms with van der Waals surface area (Å²) in [4.78, 5) is 34.3. The fourth-order valence-corrected chi connectivity index (χ4v) is 4.73. The normalized spacial score (nSPS) is 12.2. The van der Waals surface area contributed by atoms with Crippen LogP contribution in [0.5, 0.6) is 0 Å². The number of halogens is 2. The van der Waals surface area contributed by atoms with Crippen LogP contribution in [0.1, 0.15) is 11.3 Å². The van der Waals surface area contributed by atoms with Gasteiger partial charge in [-0.2, -0.15) is 4.98 Å².